The number of nitrogens with one attached hydrogen (secondary N) is 1. The van der Waals surface area contributed by atoms with Gasteiger partial charge in [0.25, 0.3) is 0 Å². The van der Waals surface area contributed by atoms with Crippen LogP contribution >= 0.6 is 0 Å². The maximum Gasteiger partial charge on any atom is 0.220 e. The Bertz CT molecular complexity index is 1240. The molecule has 0 bridgehead atoms. The molecule has 4 heteroatoms. The van der Waals surface area contributed by atoms with Crippen LogP contribution in [-0.2, 0) is 11.3 Å². The van der Waals surface area contributed by atoms with Crippen LogP contribution in [0.5, 0.6) is 0 Å². The van der Waals surface area contributed by atoms with E-state index in [0.29, 0.717) is 13.0 Å². The quantitative estimate of drug-likeness (QED) is 0.257. The van der Waals surface area contributed by atoms with E-state index >= 15 is 0 Å². The molecule has 3 aromatic carbocycles. The Kier molecular flexibility index (Phi) is 7.79. The number of hydrogen-bond donors (Lipinski definition) is 1. The molecular formula is C30H33FN2O. The number of fused-ring (bicyclic) bond motifs is 1. The van der Waals surface area contributed by atoms with Crippen molar-refractivity contribution in [1.29, 1.82) is 0 Å². The molecule has 0 aliphatic rings. The first kappa shape index (κ1) is 23.7. The Morgan fingerprint density at radius 1 is 1.00 bits per heavy atom. The molecule has 3 nitrogen and oxygen atoms in total. The fourth-order valence-electron chi connectivity index (χ4n) is 4.62. The molecule has 0 aliphatic heterocycles. The third-order valence-electron chi connectivity index (χ3n) is 6.40. The first-order valence-corrected chi connectivity index (χ1v) is 12.2. The van der Waals surface area contributed by atoms with Crippen LogP contribution in [0.4, 0.5) is 4.39 Å². The first-order chi connectivity index (χ1) is 16.5. The molecule has 1 heterocycles. The lowest BCUT2D eigenvalue weighted by atomic mass is 9.87. The van der Waals surface area contributed by atoms with Crippen LogP contribution in [0.3, 0.4) is 0 Å². The van der Waals surface area contributed by atoms with Gasteiger partial charge in [0.15, 0.2) is 0 Å². The monoisotopic (exact) mass is 456 g/mol. The number of carbonyl (C=O) groups excluding carboxylic acids is 1. The molecular weight excluding hydrogens is 423 g/mol. The van der Waals surface area contributed by atoms with Gasteiger partial charge in [0.2, 0.25) is 5.91 Å². The normalized spacial score (nSPS) is 12.1. The van der Waals surface area contributed by atoms with Crippen LogP contribution < -0.4 is 5.32 Å². The number of hydrogen-bond acceptors (Lipinski definition) is 1. The van der Waals surface area contributed by atoms with E-state index in [4.69, 9.17) is 0 Å². The number of rotatable bonds is 10. The van der Waals surface area contributed by atoms with Crippen molar-refractivity contribution in [2.24, 2.45) is 0 Å². The minimum Gasteiger partial charge on any atom is -0.356 e. The van der Waals surface area contributed by atoms with Gasteiger partial charge in [0, 0.05) is 42.5 Å². The van der Waals surface area contributed by atoms with Gasteiger partial charge in [-0.05, 0) is 48.2 Å². The summed E-state index contributed by atoms with van der Waals surface area (Å²) in [5.74, 6) is -0.199. The Morgan fingerprint density at radius 3 is 2.56 bits per heavy atom. The number of para-hydroxylation sites is 1. The number of amides is 1. The maximum absolute atomic E-state index is 13.4. The van der Waals surface area contributed by atoms with Gasteiger partial charge in [-0.25, -0.2) is 4.39 Å². The third-order valence-corrected chi connectivity index (χ3v) is 6.40. The molecule has 0 aliphatic carbocycles. The third kappa shape index (κ3) is 5.74. The van der Waals surface area contributed by atoms with Crippen molar-refractivity contribution in [3.8, 4) is 0 Å². The van der Waals surface area contributed by atoms with Gasteiger partial charge in [0.05, 0.1) is 0 Å². The van der Waals surface area contributed by atoms with Gasteiger partial charge in [0.1, 0.15) is 5.82 Å². The summed E-state index contributed by atoms with van der Waals surface area (Å²) in [5.41, 5.74) is 5.62. The SMILES string of the molecule is CCCCCNC(=O)C[C@H](c1cccc(C)c1)c1cn(Cc2ccc(F)cc2)c2ccccc12. The fraction of sp³-hybridized carbons (Fsp3) is 0.300. The summed E-state index contributed by atoms with van der Waals surface area (Å²) in [7, 11) is 0. The number of nitrogens with zero attached hydrogens (tertiary/aromatic N) is 1. The molecule has 1 atom stereocenters. The second kappa shape index (κ2) is 11.1. The number of carbonyl (C=O) groups is 1. The van der Waals surface area contributed by atoms with E-state index in [1.165, 1.54) is 17.7 Å². The molecule has 176 valence electrons. The second-order valence-corrected chi connectivity index (χ2v) is 9.08. The van der Waals surface area contributed by atoms with Crippen molar-refractivity contribution in [3.63, 3.8) is 0 Å². The average molecular weight is 457 g/mol. The van der Waals surface area contributed by atoms with E-state index in [0.717, 1.165) is 53.4 Å². The highest BCUT2D eigenvalue weighted by Crippen LogP contribution is 2.35. The van der Waals surface area contributed by atoms with Crippen molar-refractivity contribution in [1.82, 2.24) is 9.88 Å². The predicted molar refractivity (Wildman–Crippen MR) is 138 cm³/mol. The largest absolute Gasteiger partial charge is 0.356 e. The first-order valence-electron chi connectivity index (χ1n) is 12.2. The van der Waals surface area contributed by atoms with E-state index < -0.39 is 0 Å². The summed E-state index contributed by atoms with van der Waals surface area (Å²) in [5, 5.41) is 4.27. The molecule has 0 spiro atoms. The van der Waals surface area contributed by atoms with Crippen molar-refractivity contribution in [2.75, 3.05) is 6.54 Å². The van der Waals surface area contributed by atoms with Crippen LogP contribution in [0.15, 0.2) is 79.0 Å². The van der Waals surface area contributed by atoms with Crippen molar-refractivity contribution < 1.29 is 9.18 Å². The van der Waals surface area contributed by atoms with Gasteiger partial charge >= 0.3 is 0 Å². The lowest BCUT2D eigenvalue weighted by Gasteiger charge is -2.18. The Hall–Kier alpha value is -3.40. The minimum absolute atomic E-state index is 0.0505. The average Bonchev–Trinajstić information content (AvgIpc) is 3.20. The molecule has 4 rings (SSSR count). The molecule has 1 aromatic heterocycles. The van der Waals surface area contributed by atoms with Gasteiger partial charge in [-0.15, -0.1) is 0 Å². The standard InChI is InChI=1S/C30H33FN2O/c1-3-4-7-17-32-30(34)19-27(24-10-8-9-22(2)18-24)28-21-33(29-12-6-5-11-26(28)29)20-23-13-15-25(31)16-14-23/h5-6,8-16,18,21,27H,3-4,7,17,19-20H2,1-2H3,(H,32,34)/t27-/m1/s1. The van der Waals surface area contributed by atoms with Crippen LogP contribution in [0.2, 0.25) is 0 Å². The van der Waals surface area contributed by atoms with Crippen LogP contribution in [-0.4, -0.2) is 17.0 Å². The summed E-state index contributed by atoms with van der Waals surface area (Å²) in [6.45, 7) is 5.62. The highest BCUT2D eigenvalue weighted by atomic mass is 19.1. The van der Waals surface area contributed by atoms with Gasteiger partial charge in [-0.1, -0.05) is 79.9 Å². The van der Waals surface area contributed by atoms with Gasteiger partial charge in [-0.3, -0.25) is 4.79 Å². The molecule has 34 heavy (non-hydrogen) atoms. The van der Waals surface area contributed by atoms with Crippen molar-refractivity contribution in [3.05, 3.63) is 107 Å². The minimum atomic E-state index is -0.230. The number of aryl methyl sites for hydroxylation is 1. The molecule has 0 unspecified atom stereocenters. The molecule has 0 saturated carbocycles. The smallest absolute Gasteiger partial charge is 0.220 e. The fourth-order valence-corrected chi connectivity index (χ4v) is 4.62. The predicted octanol–water partition coefficient (Wildman–Crippen LogP) is 6.97. The van der Waals surface area contributed by atoms with Crippen molar-refractivity contribution >= 4 is 16.8 Å². The summed E-state index contributed by atoms with van der Waals surface area (Å²) in [6, 6.07) is 23.4. The molecule has 0 saturated heterocycles. The van der Waals surface area contributed by atoms with Crippen LogP contribution in [0.25, 0.3) is 10.9 Å². The zero-order valence-corrected chi connectivity index (χ0v) is 20.1. The highest BCUT2D eigenvalue weighted by Gasteiger charge is 2.23. The van der Waals surface area contributed by atoms with Gasteiger partial charge < -0.3 is 9.88 Å². The number of halogens is 1. The lowest BCUT2D eigenvalue weighted by Crippen LogP contribution is -2.26. The Morgan fingerprint density at radius 2 is 1.79 bits per heavy atom. The molecule has 0 fully saturated rings. The molecule has 0 radical (unpaired) electrons. The Labute approximate surface area is 201 Å². The van der Waals surface area contributed by atoms with Crippen molar-refractivity contribution in [2.45, 2.75) is 52.0 Å². The lowest BCUT2D eigenvalue weighted by molar-refractivity contribution is -0.121. The Balaban J connectivity index is 1.70. The molecule has 1 N–H and O–H groups in total. The zero-order chi connectivity index (χ0) is 23.9. The second-order valence-electron chi connectivity index (χ2n) is 9.08. The van der Waals surface area contributed by atoms with E-state index in [1.807, 2.05) is 24.3 Å². The summed E-state index contributed by atoms with van der Waals surface area (Å²) >= 11 is 0. The van der Waals surface area contributed by atoms with E-state index in [-0.39, 0.29) is 17.6 Å². The molecule has 4 aromatic rings. The topological polar surface area (TPSA) is 34.0 Å². The van der Waals surface area contributed by atoms with E-state index in [9.17, 15) is 9.18 Å². The number of unbranched alkanes of at least 4 members (excludes halogenated alkanes) is 2. The van der Waals surface area contributed by atoms with Crippen LogP contribution in [0.1, 0.15) is 60.8 Å². The molecule has 1 amide bonds. The van der Waals surface area contributed by atoms with Crippen LogP contribution in [0, 0.1) is 12.7 Å². The summed E-state index contributed by atoms with van der Waals surface area (Å²) < 4.78 is 15.6. The van der Waals surface area contributed by atoms with E-state index in [2.05, 4.69) is 66.3 Å². The van der Waals surface area contributed by atoms with E-state index in [1.54, 1.807) is 0 Å². The number of aromatic nitrogens is 1. The zero-order valence-electron chi connectivity index (χ0n) is 20.1. The highest BCUT2D eigenvalue weighted by molar-refractivity contribution is 5.86. The summed E-state index contributed by atoms with van der Waals surface area (Å²) in [4.78, 5) is 13.0. The summed E-state index contributed by atoms with van der Waals surface area (Å²) in [6.07, 6.45) is 5.84. The van der Waals surface area contributed by atoms with Gasteiger partial charge in [-0.2, -0.15) is 0 Å². The number of benzene rings is 3. The maximum atomic E-state index is 13.4.